The molecule has 0 aliphatic rings. The molecule has 0 saturated carbocycles. The molecule has 2 heterocycles. The van der Waals surface area contributed by atoms with Crippen LogP contribution >= 0.6 is 0 Å². The number of benzene rings is 2. The fourth-order valence-electron chi connectivity index (χ4n) is 3.48. The Morgan fingerprint density at radius 1 is 1.12 bits per heavy atom. The summed E-state index contributed by atoms with van der Waals surface area (Å²) in [6.07, 6.45) is 2.81. The average Bonchev–Trinajstić information content (AvgIpc) is 3.12. The molecule has 2 aromatic heterocycles. The molecule has 10 nitrogen and oxygen atoms in total. The van der Waals surface area contributed by atoms with Crippen molar-refractivity contribution in [1.82, 2.24) is 19.5 Å². The van der Waals surface area contributed by atoms with Crippen LogP contribution in [0.25, 0.3) is 11.0 Å². The van der Waals surface area contributed by atoms with Crippen LogP contribution in [0.1, 0.15) is 16.2 Å². The van der Waals surface area contributed by atoms with E-state index in [0.717, 1.165) is 5.52 Å². The summed E-state index contributed by atoms with van der Waals surface area (Å²) >= 11 is 0. The van der Waals surface area contributed by atoms with Crippen molar-refractivity contribution in [2.45, 2.75) is 12.4 Å². The lowest BCUT2D eigenvalue weighted by Gasteiger charge is -2.20. The average molecular weight is 466 g/mol. The quantitative estimate of drug-likeness (QED) is 0.405. The van der Waals surface area contributed by atoms with E-state index in [1.54, 1.807) is 35.0 Å². The molecule has 0 spiro atoms. The Balaban J connectivity index is 1.57. The molecule has 0 aliphatic heterocycles. The lowest BCUT2D eigenvalue weighted by molar-refractivity contribution is 0.0987. The summed E-state index contributed by atoms with van der Waals surface area (Å²) in [6.45, 7) is 0.291. The maximum Gasteiger partial charge on any atom is 0.284 e. The molecule has 0 radical (unpaired) electrons. The molecule has 0 aliphatic carbocycles. The van der Waals surface area contributed by atoms with Gasteiger partial charge in [0.15, 0.2) is 9.84 Å². The topological polar surface area (TPSA) is 136 Å². The number of primary amides is 1. The van der Waals surface area contributed by atoms with Gasteiger partial charge in [0.2, 0.25) is 11.8 Å². The summed E-state index contributed by atoms with van der Waals surface area (Å²) in [7, 11) is -1.31. The summed E-state index contributed by atoms with van der Waals surface area (Å²) in [4.78, 5) is 26.9. The Hall–Kier alpha value is -3.99. The minimum atomic E-state index is -3.14. The number of rotatable bonds is 8. The largest absolute Gasteiger partial charge is 0.363 e. The number of nitrogens with one attached hydrogen (secondary N) is 1. The predicted octanol–water partition coefficient (Wildman–Crippen LogP) is 2.31. The number of fused-ring (bicyclic) bond motifs is 1. The highest BCUT2D eigenvalue weighted by molar-refractivity contribution is 7.89. The summed E-state index contributed by atoms with van der Waals surface area (Å²) in [5.74, 6) is 0.457. The number of imidazole rings is 1. The zero-order valence-electron chi connectivity index (χ0n) is 18.1. The maximum atomic E-state index is 11.9. The number of nitrogens with two attached hydrogens (primary N) is 1. The monoisotopic (exact) mass is 465 g/mol. The summed E-state index contributed by atoms with van der Waals surface area (Å²) < 4.78 is 24.9. The molecule has 0 bridgehead atoms. The number of carbonyl (C=O) groups is 1. The van der Waals surface area contributed by atoms with Gasteiger partial charge in [-0.2, -0.15) is 4.98 Å². The summed E-state index contributed by atoms with van der Waals surface area (Å²) in [5, 5.41) is 3.11. The van der Waals surface area contributed by atoms with Crippen LogP contribution in [0.4, 0.5) is 17.5 Å². The Morgan fingerprint density at radius 3 is 2.67 bits per heavy atom. The second kappa shape index (κ2) is 8.87. The summed E-state index contributed by atoms with van der Waals surface area (Å²) in [5.41, 5.74) is 8.35. The molecular formula is C22H23N7O3S. The number of sulfone groups is 1. The zero-order valence-corrected chi connectivity index (χ0v) is 19.0. The van der Waals surface area contributed by atoms with Crippen LogP contribution in [-0.4, -0.2) is 47.1 Å². The van der Waals surface area contributed by atoms with Crippen molar-refractivity contribution in [2.24, 2.45) is 5.73 Å². The van der Waals surface area contributed by atoms with Crippen molar-refractivity contribution < 1.29 is 13.2 Å². The normalized spacial score (nSPS) is 11.5. The fraction of sp³-hybridized carbons (Fsp3) is 0.182. The van der Waals surface area contributed by atoms with Gasteiger partial charge in [-0.05, 0) is 35.9 Å². The Morgan fingerprint density at radius 2 is 1.91 bits per heavy atom. The SMILES string of the molecule is CN(Cn1c(C(N)=O)nc2ccccc21)c1ccnc(Nc2cccc(CS(C)(=O)=O)c2)n1. The van der Waals surface area contributed by atoms with E-state index in [4.69, 9.17) is 5.73 Å². The van der Waals surface area contributed by atoms with E-state index in [1.165, 1.54) is 6.26 Å². The molecule has 11 heteroatoms. The van der Waals surface area contributed by atoms with Crippen LogP contribution in [0.5, 0.6) is 0 Å². The van der Waals surface area contributed by atoms with E-state index < -0.39 is 15.7 Å². The third-order valence-corrected chi connectivity index (χ3v) is 5.73. The summed E-state index contributed by atoms with van der Waals surface area (Å²) in [6, 6.07) is 16.2. The Kier molecular flexibility index (Phi) is 5.97. The first kappa shape index (κ1) is 22.2. The third kappa shape index (κ3) is 5.26. The zero-order chi connectivity index (χ0) is 23.6. The smallest absolute Gasteiger partial charge is 0.284 e. The molecule has 4 aromatic rings. The number of hydrogen-bond donors (Lipinski definition) is 2. The van der Waals surface area contributed by atoms with E-state index in [0.29, 0.717) is 35.2 Å². The molecular weight excluding hydrogens is 442 g/mol. The second-order valence-corrected chi connectivity index (χ2v) is 9.83. The first-order chi connectivity index (χ1) is 15.7. The van der Waals surface area contributed by atoms with Crippen LogP contribution < -0.4 is 16.0 Å². The van der Waals surface area contributed by atoms with Crippen molar-refractivity contribution >= 4 is 44.2 Å². The van der Waals surface area contributed by atoms with Crippen LogP contribution in [0.2, 0.25) is 0 Å². The van der Waals surface area contributed by atoms with Gasteiger partial charge in [-0.15, -0.1) is 0 Å². The van der Waals surface area contributed by atoms with E-state index >= 15 is 0 Å². The number of amides is 1. The minimum Gasteiger partial charge on any atom is -0.363 e. The number of nitrogens with zero attached hydrogens (tertiary/aromatic N) is 5. The van der Waals surface area contributed by atoms with Gasteiger partial charge in [-0.25, -0.2) is 18.4 Å². The van der Waals surface area contributed by atoms with E-state index in [9.17, 15) is 13.2 Å². The van der Waals surface area contributed by atoms with E-state index in [2.05, 4.69) is 20.3 Å². The van der Waals surface area contributed by atoms with Crippen LogP contribution in [0.3, 0.4) is 0 Å². The molecule has 170 valence electrons. The number of aromatic nitrogens is 4. The molecule has 0 unspecified atom stereocenters. The lowest BCUT2D eigenvalue weighted by Crippen LogP contribution is -2.27. The Bertz CT molecular complexity index is 1430. The molecule has 0 saturated heterocycles. The van der Waals surface area contributed by atoms with Gasteiger partial charge < -0.3 is 20.5 Å². The molecule has 3 N–H and O–H groups in total. The second-order valence-electron chi connectivity index (χ2n) is 7.69. The van der Waals surface area contributed by atoms with Crippen LogP contribution in [-0.2, 0) is 22.3 Å². The highest BCUT2D eigenvalue weighted by atomic mass is 32.2. The number of hydrogen-bond acceptors (Lipinski definition) is 8. The molecule has 2 aromatic carbocycles. The highest BCUT2D eigenvalue weighted by Crippen LogP contribution is 2.21. The van der Waals surface area contributed by atoms with Crippen molar-refractivity contribution in [1.29, 1.82) is 0 Å². The van der Waals surface area contributed by atoms with E-state index in [1.807, 2.05) is 42.3 Å². The molecule has 33 heavy (non-hydrogen) atoms. The van der Waals surface area contributed by atoms with E-state index in [-0.39, 0.29) is 11.6 Å². The maximum absolute atomic E-state index is 11.9. The van der Waals surface area contributed by atoms with Crippen LogP contribution in [0, 0.1) is 0 Å². The predicted molar refractivity (Wildman–Crippen MR) is 127 cm³/mol. The minimum absolute atomic E-state index is 0.0484. The van der Waals surface area contributed by atoms with Crippen molar-refractivity contribution in [3.05, 3.63) is 72.2 Å². The molecule has 0 atom stereocenters. The van der Waals surface area contributed by atoms with Crippen molar-refractivity contribution in [3.63, 3.8) is 0 Å². The standard InChI is InChI=1S/C22H23N7O3S/c1-28(14-29-18-9-4-3-8-17(18)26-21(29)20(23)30)19-10-11-24-22(27-19)25-16-7-5-6-15(12-16)13-33(2,31)32/h3-12H,13-14H2,1-2H3,(H2,23,30)(H,24,25,27). The fourth-order valence-corrected chi connectivity index (χ4v) is 4.27. The van der Waals surface area contributed by atoms with Gasteiger partial charge in [-0.1, -0.05) is 24.3 Å². The van der Waals surface area contributed by atoms with Gasteiger partial charge in [0, 0.05) is 25.2 Å². The molecule has 4 rings (SSSR count). The first-order valence-electron chi connectivity index (χ1n) is 10.0. The lowest BCUT2D eigenvalue weighted by atomic mass is 10.2. The number of anilines is 3. The van der Waals surface area contributed by atoms with Crippen LogP contribution in [0.15, 0.2) is 60.8 Å². The van der Waals surface area contributed by atoms with Gasteiger partial charge in [0.1, 0.15) is 5.82 Å². The third-order valence-electron chi connectivity index (χ3n) is 4.87. The molecule has 1 amide bonds. The Labute approximate surface area is 191 Å². The first-order valence-corrected chi connectivity index (χ1v) is 12.1. The number of carbonyl (C=O) groups excluding carboxylic acids is 1. The van der Waals surface area contributed by atoms with Gasteiger partial charge >= 0.3 is 0 Å². The van der Waals surface area contributed by atoms with Crippen molar-refractivity contribution in [3.8, 4) is 0 Å². The van der Waals surface area contributed by atoms with Crippen molar-refractivity contribution in [2.75, 3.05) is 23.5 Å². The van der Waals surface area contributed by atoms with Gasteiger partial charge in [-0.3, -0.25) is 4.79 Å². The number of para-hydroxylation sites is 2. The van der Waals surface area contributed by atoms with Gasteiger partial charge in [0.05, 0.1) is 23.5 Å². The molecule has 0 fully saturated rings. The highest BCUT2D eigenvalue weighted by Gasteiger charge is 2.17. The van der Waals surface area contributed by atoms with Gasteiger partial charge in [0.25, 0.3) is 5.91 Å².